The van der Waals surface area contributed by atoms with E-state index in [1.54, 1.807) is 12.1 Å². The summed E-state index contributed by atoms with van der Waals surface area (Å²) in [5.74, 6) is 0.671. The maximum atomic E-state index is 12.4. The average Bonchev–Trinajstić information content (AvgIpc) is 2.99. The highest BCUT2D eigenvalue weighted by atomic mass is 19.4. The molecule has 3 heterocycles. The predicted molar refractivity (Wildman–Crippen MR) is 96.4 cm³/mol. The fraction of sp³-hybridized carbons (Fsp3) is 0.211. The molecule has 0 saturated heterocycles. The minimum absolute atomic E-state index is 0.295. The Morgan fingerprint density at radius 3 is 2.21 bits per heavy atom. The Labute approximate surface area is 157 Å². The summed E-state index contributed by atoms with van der Waals surface area (Å²) in [6.45, 7) is 3.72. The number of aromatic nitrogens is 4. The first-order chi connectivity index (χ1) is 13.3. The van der Waals surface area contributed by atoms with E-state index in [1.807, 2.05) is 18.2 Å². The first-order valence-electron chi connectivity index (χ1n) is 8.33. The van der Waals surface area contributed by atoms with Crippen molar-refractivity contribution in [3.05, 3.63) is 47.8 Å². The van der Waals surface area contributed by atoms with Crippen molar-refractivity contribution in [2.45, 2.75) is 20.2 Å². The molecule has 144 valence electrons. The van der Waals surface area contributed by atoms with Crippen LogP contribution < -0.4 is 9.47 Å². The number of alkyl halides is 3. The Bertz CT molecular complexity index is 1180. The number of aryl methyl sites for hydroxylation is 2. The van der Waals surface area contributed by atoms with Gasteiger partial charge in [0.25, 0.3) is 0 Å². The first-order valence-corrected chi connectivity index (χ1v) is 8.33. The maximum absolute atomic E-state index is 12.4. The lowest BCUT2D eigenvalue weighted by Crippen LogP contribution is -2.16. The summed E-state index contributed by atoms with van der Waals surface area (Å²) in [6.07, 6.45) is -4.74. The van der Waals surface area contributed by atoms with Gasteiger partial charge in [0.05, 0.1) is 24.0 Å². The monoisotopic (exact) mass is 388 g/mol. The highest BCUT2D eigenvalue weighted by molar-refractivity contribution is 5.81. The van der Waals surface area contributed by atoms with Crippen LogP contribution in [0, 0.1) is 13.8 Å². The second-order valence-electron chi connectivity index (χ2n) is 6.17. The lowest BCUT2D eigenvalue weighted by molar-refractivity contribution is -0.274. The van der Waals surface area contributed by atoms with Gasteiger partial charge in [-0.05, 0) is 44.2 Å². The second-order valence-corrected chi connectivity index (χ2v) is 6.17. The Hall–Kier alpha value is -3.36. The van der Waals surface area contributed by atoms with E-state index in [0.29, 0.717) is 28.4 Å². The molecule has 0 N–H and O–H groups in total. The second kappa shape index (κ2) is 6.36. The Kier molecular flexibility index (Phi) is 4.10. The van der Waals surface area contributed by atoms with Crippen molar-refractivity contribution in [1.29, 1.82) is 0 Å². The SMILES string of the molecule is COc1ccc2nc(C)c3c(C)nc(-c4ccc(OC(F)(F)F)cc4)n3c2n1. The zero-order valence-corrected chi connectivity index (χ0v) is 15.2. The molecule has 0 aliphatic rings. The molecule has 3 aromatic heterocycles. The predicted octanol–water partition coefficient (Wildman–Crippen LogP) is 4.47. The van der Waals surface area contributed by atoms with E-state index < -0.39 is 6.36 Å². The third kappa shape index (κ3) is 3.08. The number of rotatable bonds is 3. The molecule has 1 aromatic carbocycles. The molecule has 4 aromatic rings. The van der Waals surface area contributed by atoms with Crippen molar-refractivity contribution in [3.63, 3.8) is 0 Å². The molecular weight excluding hydrogens is 373 g/mol. The summed E-state index contributed by atoms with van der Waals surface area (Å²) in [5.41, 5.74) is 4.12. The number of nitrogens with zero attached hydrogens (tertiary/aromatic N) is 4. The molecule has 28 heavy (non-hydrogen) atoms. The molecule has 0 spiro atoms. The van der Waals surface area contributed by atoms with Crippen molar-refractivity contribution in [3.8, 4) is 23.0 Å². The Morgan fingerprint density at radius 1 is 0.893 bits per heavy atom. The van der Waals surface area contributed by atoms with Crippen LogP contribution in [0.25, 0.3) is 28.1 Å². The van der Waals surface area contributed by atoms with Crippen LogP contribution in [-0.4, -0.2) is 32.8 Å². The van der Waals surface area contributed by atoms with Gasteiger partial charge in [0.15, 0.2) is 5.65 Å². The minimum Gasteiger partial charge on any atom is -0.481 e. The zero-order valence-electron chi connectivity index (χ0n) is 15.2. The minimum atomic E-state index is -4.74. The molecule has 0 aliphatic heterocycles. The number of pyridine rings is 1. The molecule has 0 amide bonds. The lowest BCUT2D eigenvalue weighted by atomic mass is 10.2. The van der Waals surface area contributed by atoms with Crippen LogP contribution in [0.5, 0.6) is 11.6 Å². The highest BCUT2D eigenvalue weighted by Crippen LogP contribution is 2.30. The van der Waals surface area contributed by atoms with Gasteiger partial charge in [-0.2, -0.15) is 4.98 Å². The van der Waals surface area contributed by atoms with Gasteiger partial charge < -0.3 is 9.47 Å². The standard InChI is InChI=1S/C19H15F3N4O2/c1-10-16-11(2)24-17(12-4-6-13(7-5-12)28-19(20,21)22)26(16)18-14(23-10)8-9-15(25-18)27-3/h4-9H,1-3H3. The van der Waals surface area contributed by atoms with Gasteiger partial charge in [-0.1, -0.05) is 0 Å². The molecule has 0 bridgehead atoms. The summed E-state index contributed by atoms with van der Waals surface area (Å²) in [5, 5.41) is 0. The number of fused-ring (bicyclic) bond motifs is 3. The third-order valence-electron chi connectivity index (χ3n) is 4.28. The number of hydrogen-bond donors (Lipinski definition) is 0. The third-order valence-corrected chi connectivity index (χ3v) is 4.28. The zero-order chi connectivity index (χ0) is 20.1. The van der Waals surface area contributed by atoms with Gasteiger partial charge in [0.1, 0.15) is 17.1 Å². The quantitative estimate of drug-likeness (QED) is 0.518. The number of imidazole rings is 1. The lowest BCUT2D eigenvalue weighted by Gasteiger charge is -2.10. The normalized spacial score (nSPS) is 11.9. The van der Waals surface area contributed by atoms with Crippen molar-refractivity contribution in [2.24, 2.45) is 0 Å². The number of halogens is 3. The van der Waals surface area contributed by atoms with Crippen molar-refractivity contribution < 1.29 is 22.6 Å². The molecular formula is C19H15F3N4O2. The fourth-order valence-electron chi connectivity index (χ4n) is 3.18. The molecule has 0 saturated carbocycles. The Balaban J connectivity index is 1.94. The van der Waals surface area contributed by atoms with Crippen molar-refractivity contribution in [1.82, 2.24) is 19.4 Å². The van der Waals surface area contributed by atoms with Crippen LogP contribution in [0.4, 0.5) is 13.2 Å². The van der Waals surface area contributed by atoms with Crippen LogP contribution >= 0.6 is 0 Å². The summed E-state index contributed by atoms with van der Waals surface area (Å²) in [4.78, 5) is 13.7. The van der Waals surface area contributed by atoms with Gasteiger partial charge in [-0.3, -0.25) is 4.40 Å². The topological polar surface area (TPSA) is 61.5 Å². The number of benzene rings is 1. The van der Waals surface area contributed by atoms with E-state index >= 15 is 0 Å². The van der Waals surface area contributed by atoms with Gasteiger partial charge in [0.2, 0.25) is 5.88 Å². The van der Waals surface area contributed by atoms with E-state index in [1.165, 1.54) is 31.4 Å². The van der Waals surface area contributed by atoms with E-state index in [-0.39, 0.29) is 5.75 Å². The van der Waals surface area contributed by atoms with Crippen LogP contribution in [0.2, 0.25) is 0 Å². The summed E-state index contributed by atoms with van der Waals surface area (Å²) >= 11 is 0. The molecule has 0 radical (unpaired) electrons. The van der Waals surface area contributed by atoms with Crippen LogP contribution in [0.1, 0.15) is 11.4 Å². The number of hydrogen-bond acceptors (Lipinski definition) is 5. The molecule has 0 unspecified atom stereocenters. The molecule has 0 atom stereocenters. The van der Waals surface area contributed by atoms with Crippen LogP contribution in [0.15, 0.2) is 36.4 Å². The van der Waals surface area contributed by atoms with Gasteiger partial charge >= 0.3 is 6.36 Å². The number of methoxy groups -OCH3 is 1. The largest absolute Gasteiger partial charge is 0.573 e. The van der Waals surface area contributed by atoms with Gasteiger partial charge in [-0.15, -0.1) is 13.2 Å². The average molecular weight is 388 g/mol. The summed E-state index contributed by atoms with van der Waals surface area (Å²) in [6, 6.07) is 9.07. The maximum Gasteiger partial charge on any atom is 0.573 e. The molecule has 0 aliphatic carbocycles. The van der Waals surface area contributed by atoms with E-state index in [9.17, 15) is 13.2 Å². The fourth-order valence-corrected chi connectivity index (χ4v) is 3.18. The van der Waals surface area contributed by atoms with Gasteiger partial charge in [0, 0.05) is 11.6 Å². The summed E-state index contributed by atoms with van der Waals surface area (Å²) < 4.78 is 48.2. The number of ether oxygens (including phenoxy) is 2. The van der Waals surface area contributed by atoms with E-state index in [0.717, 1.165) is 16.9 Å². The van der Waals surface area contributed by atoms with Crippen molar-refractivity contribution in [2.75, 3.05) is 7.11 Å². The molecule has 9 heteroatoms. The van der Waals surface area contributed by atoms with E-state index in [2.05, 4.69) is 19.7 Å². The molecule has 4 rings (SSSR count). The van der Waals surface area contributed by atoms with Gasteiger partial charge in [-0.25, -0.2) is 9.97 Å². The Morgan fingerprint density at radius 2 is 1.57 bits per heavy atom. The van der Waals surface area contributed by atoms with E-state index in [4.69, 9.17) is 4.74 Å². The molecule has 6 nitrogen and oxygen atoms in total. The molecule has 0 fully saturated rings. The van der Waals surface area contributed by atoms with Crippen LogP contribution in [-0.2, 0) is 0 Å². The first kappa shape index (κ1) is 18.0. The summed E-state index contributed by atoms with van der Waals surface area (Å²) in [7, 11) is 1.52. The highest BCUT2D eigenvalue weighted by Gasteiger charge is 2.31. The van der Waals surface area contributed by atoms with Crippen LogP contribution in [0.3, 0.4) is 0 Å². The smallest absolute Gasteiger partial charge is 0.481 e. The van der Waals surface area contributed by atoms with Crippen molar-refractivity contribution >= 4 is 16.7 Å².